The van der Waals surface area contributed by atoms with Crippen LogP contribution < -0.4 is 10.6 Å². The summed E-state index contributed by atoms with van der Waals surface area (Å²) in [6, 6.07) is 16.7. The molecule has 0 aromatic heterocycles. The molecule has 28 heavy (non-hydrogen) atoms. The van der Waals surface area contributed by atoms with Gasteiger partial charge in [0.15, 0.2) is 0 Å². The average molecular weight is 422 g/mol. The molecule has 1 unspecified atom stereocenters. The highest BCUT2D eigenvalue weighted by atomic mass is 35.5. The Morgan fingerprint density at radius 1 is 1.14 bits per heavy atom. The number of piperazine rings is 1. The summed E-state index contributed by atoms with van der Waals surface area (Å²) in [5, 5.41) is 6.89. The third-order valence-electron chi connectivity index (χ3n) is 4.69. The summed E-state index contributed by atoms with van der Waals surface area (Å²) in [7, 11) is 0. The van der Waals surface area contributed by atoms with Crippen molar-refractivity contribution in [1.82, 2.24) is 15.5 Å². The fraction of sp³-hybridized carbons (Fsp3) is 0.333. The Labute approximate surface area is 176 Å². The highest BCUT2D eigenvalue weighted by Crippen LogP contribution is 2.25. The van der Waals surface area contributed by atoms with Gasteiger partial charge in [-0.3, -0.25) is 9.59 Å². The van der Waals surface area contributed by atoms with Crippen LogP contribution in [0.15, 0.2) is 54.6 Å². The lowest BCUT2D eigenvalue weighted by molar-refractivity contribution is -0.134. The number of carbonyl (C=O) groups is 2. The van der Waals surface area contributed by atoms with Crippen molar-refractivity contribution in [2.75, 3.05) is 26.2 Å². The van der Waals surface area contributed by atoms with Crippen molar-refractivity contribution in [2.24, 2.45) is 0 Å². The number of nitrogens with one attached hydrogen (secondary N) is 2. The van der Waals surface area contributed by atoms with Crippen LogP contribution >= 0.6 is 24.0 Å². The maximum absolute atomic E-state index is 12.7. The highest BCUT2D eigenvalue weighted by Gasteiger charge is 2.27. The molecule has 3 rings (SSSR count). The maximum Gasteiger partial charge on any atom is 0.251 e. The first kappa shape index (κ1) is 22.2. The Kier molecular flexibility index (Phi) is 8.77. The quantitative estimate of drug-likeness (QED) is 0.702. The number of hydrogen-bond donors (Lipinski definition) is 2. The SMILES string of the molecule is Cl.O=C(NCCCC(=O)N1CCNCC1c1cccc(Cl)c1)c1ccccc1. The molecule has 2 N–H and O–H groups in total. The van der Waals surface area contributed by atoms with Crippen molar-refractivity contribution < 1.29 is 9.59 Å². The van der Waals surface area contributed by atoms with Crippen LogP contribution in [0, 0.1) is 0 Å². The van der Waals surface area contributed by atoms with Gasteiger partial charge in [0, 0.05) is 43.2 Å². The number of rotatable bonds is 6. The molecule has 0 bridgehead atoms. The van der Waals surface area contributed by atoms with Gasteiger partial charge >= 0.3 is 0 Å². The van der Waals surface area contributed by atoms with Crippen LogP contribution in [0.4, 0.5) is 0 Å². The van der Waals surface area contributed by atoms with Crippen molar-refractivity contribution >= 4 is 35.8 Å². The molecule has 2 aromatic rings. The molecule has 1 heterocycles. The van der Waals surface area contributed by atoms with E-state index in [1.807, 2.05) is 47.4 Å². The lowest BCUT2D eigenvalue weighted by Crippen LogP contribution is -2.48. The maximum atomic E-state index is 12.7. The minimum atomic E-state index is -0.109. The largest absolute Gasteiger partial charge is 0.352 e. The summed E-state index contributed by atoms with van der Waals surface area (Å²) in [6.07, 6.45) is 1.02. The molecule has 150 valence electrons. The van der Waals surface area contributed by atoms with Gasteiger partial charge in [0.25, 0.3) is 5.91 Å². The Morgan fingerprint density at radius 2 is 1.93 bits per heavy atom. The van der Waals surface area contributed by atoms with E-state index < -0.39 is 0 Å². The van der Waals surface area contributed by atoms with Crippen LogP contribution in [0.25, 0.3) is 0 Å². The Hall–Kier alpha value is -2.08. The fourth-order valence-corrected chi connectivity index (χ4v) is 3.49. The predicted molar refractivity (Wildman–Crippen MR) is 114 cm³/mol. The second-order valence-corrected chi connectivity index (χ2v) is 7.02. The van der Waals surface area contributed by atoms with Crippen LogP contribution in [0.2, 0.25) is 5.02 Å². The van der Waals surface area contributed by atoms with Gasteiger partial charge in [0.1, 0.15) is 0 Å². The normalized spacial score (nSPS) is 16.2. The Balaban J connectivity index is 0.00000280. The summed E-state index contributed by atoms with van der Waals surface area (Å²) >= 11 is 6.11. The standard InChI is InChI=1S/C21H24ClN3O2.ClH/c22-18-9-4-8-17(14-18)19-15-23-12-13-25(19)20(26)10-5-11-24-21(27)16-6-2-1-3-7-16;/h1-4,6-9,14,19,23H,5,10-13,15H2,(H,24,27);1H. The van der Waals surface area contributed by atoms with Crippen molar-refractivity contribution in [1.29, 1.82) is 0 Å². The molecule has 7 heteroatoms. The first-order valence-electron chi connectivity index (χ1n) is 9.24. The summed E-state index contributed by atoms with van der Waals surface area (Å²) < 4.78 is 0. The molecular formula is C21H25Cl2N3O2. The molecule has 1 atom stereocenters. The third-order valence-corrected chi connectivity index (χ3v) is 4.92. The van der Waals surface area contributed by atoms with Gasteiger partial charge < -0.3 is 15.5 Å². The van der Waals surface area contributed by atoms with Gasteiger partial charge in [-0.25, -0.2) is 0 Å². The zero-order valence-electron chi connectivity index (χ0n) is 15.6. The van der Waals surface area contributed by atoms with Gasteiger partial charge in [0.05, 0.1) is 6.04 Å². The zero-order chi connectivity index (χ0) is 19.1. The lowest BCUT2D eigenvalue weighted by Gasteiger charge is -2.36. The number of carbonyl (C=O) groups excluding carboxylic acids is 2. The molecule has 1 fully saturated rings. The van der Waals surface area contributed by atoms with Gasteiger partial charge in [-0.15, -0.1) is 12.4 Å². The Morgan fingerprint density at radius 3 is 2.68 bits per heavy atom. The zero-order valence-corrected chi connectivity index (χ0v) is 17.1. The minimum absolute atomic E-state index is 0. The van der Waals surface area contributed by atoms with E-state index in [0.717, 1.165) is 18.7 Å². The topological polar surface area (TPSA) is 61.4 Å². The van der Waals surface area contributed by atoms with Crippen LogP contribution in [0.3, 0.4) is 0 Å². The molecule has 0 radical (unpaired) electrons. The molecule has 1 aliphatic rings. The van der Waals surface area contributed by atoms with E-state index in [4.69, 9.17) is 11.6 Å². The molecule has 1 saturated heterocycles. The molecule has 5 nitrogen and oxygen atoms in total. The first-order chi connectivity index (χ1) is 13.1. The first-order valence-corrected chi connectivity index (χ1v) is 9.62. The lowest BCUT2D eigenvalue weighted by atomic mass is 10.0. The van der Waals surface area contributed by atoms with Crippen molar-refractivity contribution in [3.63, 3.8) is 0 Å². The average Bonchev–Trinajstić information content (AvgIpc) is 2.71. The van der Waals surface area contributed by atoms with Crippen molar-refractivity contribution in [3.05, 3.63) is 70.7 Å². The van der Waals surface area contributed by atoms with Crippen LogP contribution in [0.5, 0.6) is 0 Å². The van der Waals surface area contributed by atoms with Gasteiger partial charge in [-0.1, -0.05) is 41.9 Å². The number of halogens is 2. The number of amides is 2. The van der Waals surface area contributed by atoms with Crippen molar-refractivity contribution in [3.8, 4) is 0 Å². The summed E-state index contributed by atoms with van der Waals surface area (Å²) in [4.78, 5) is 26.7. The van der Waals surface area contributed by atoms with E-state index >= 15 is 0 Å². The van der Waals surface area contributed by atoms with E-state index in [2.05, 4.69) is 10.6 Å². The fourth-order valence-electron chi connectivity index (χ4n) is 3.29. The molecule has 1 aliphatic heterocycles. The van der Waals surface area contributed by atoms with Gasteiger partial charge in [-0.05, 0) is 36.2 Å². The third kappa shape index (κ3) is 5.96. The smallest absolute Gasteiger partial charge is 0.251 e. The molecule has 2 amide bonds. The molecule has 2 aromatic carbocycles. The van der Waals surface area contributed by atoms with Gasteiger partial charge in [-0.2, -0.15) is 0 Å². The number of nitrogens with zero attached hydrogens (tertiary/aromatic N) is 1. The van der Waals surface area contributed by atoms with E-state index in [9.17, 15) is 9.59 Å². The number of benzene rings is 2. The van der Waals surface area contributed by atoms with Crippen LogP contribution in [-0.4, -0.2) is 42.9 Å². The Bertz CT molecular complexity index is 786. The number of hydrogen-bond acceptors (Lipinski definition) is 3. The second kappa shape index (κ2) is 11.1. The highest BCUT2D eigenvalue weighted by molar-refractivity contribution is 6.30. The van der Waals surface area contributed by atoms with Crippen LogP contribution in [0.1, 0.15) is 34.8 Å². The minimum Gasteiger partial charge on any atom is -0.352 e. The molecule has 0 aliphatic carbocycles. The summed E-state index contributed by atoms with van der Waals surface area (Å²) in [5.74, 6) is -0.00235. The van der Waals surface area contributed by atoms with E-state index in [0.29, 0.717) is 36.5 Å². The summed E-state index contributed by atoms with van der Waals surface area (Å²) in [5.41, 5.74) is 1.67. The summed E-state index contributed by atoms with van der Waals surface area (Å²) in [6.45, 7) is 2.66. The molecule has 0 saturated carbocycles. The molecular weight excluding hydrogens is 397 g/mol. The monoisotopic (exact) mass is 421 g/mol. The van der Waals surface area contributed by atoms with E-state index in [-0.39, 0.29) is 30.3 Å². The van der Waals surface area contributed by atoms with E-state index in [1.54, 1.807) is 12.1 Å². The second-order valence-electron chi connectivity index (χ2n) is 6.59. The predicted octanol–water partition coefficient (Wildman–Crippen LogP) is 3.44. The van der Waals surface area contributed by atoms with E-state index in [1.165, 1.54) is 0 Å². The van der Waals surface area contributed by atoms with Gasteiger partial charge in [0.2, 0.25) is 5.91 Å². The molecule has 0 spiro atoms. The van der Waals surface area contributed by atoms with Crippen LogP contribution in [-0.2, 0) is 4.79 Å². The van der Waals surface area contributed by atoms with Crippen molar-refractivity contribution in [2.45, 2.75) is 18.9 Å².